The molecule has 0 amide bonds. The maximum absolute atomic E-state index is 11.8. The molecule has 2 aliphatic rings. The predicted octanol–water partition coefficient (Wildman–Crippen LogP) is 1.62. The number of hydrogen-bond acceptors (Lipinski definition) is 6. The van der Waals surface area contributed by atoms with Gasteiger partial charge in [-0.15, -0.1) is 5.06 Å². The van der Waals surface area contributed by atoms with Crippen molar-refractivity contribution in [2.45, 2.75) is 25.5 Å². The largest absolute Gasteiger partial charge is 0.528 e. The summed E-state index contributed by atoms with van der Waals surface area (Å²) in [5.41, 5.74) is 0.958. The molecule has 2 aliphatic heterocycles. The average molecular weight is 319 g/mol. The molecule has 1 aromatic rings. The van der Waals surface area contributed by atoms with E-state index in [-0.39, 0.29) is 6.61 Å². The summed E-state index contributed by atoms with van der Waals surface area (Å²) in [5, 5.41) is 5.11. The number of hydroxylamine groups is 2. The highest BCUT2D eigenvalue weighted by Crippen LogP contribution is 2.15. The van der Waals surface area contributed by atoms with Crippen LogP contribution in [0.3, 0.4) is 0 Å². The van der Waals surface area contributed by atoms with Crippen molar-refractivity contribution in [1.29, 1.82) is 0 Å². The first-order valence-electron chi connectivity index (χ1n) is 8.39. The van der Waals surface area contributed by atoms with Crippen molar-refractivity contribution in [3.05, 3.63) is 35.9 Å². The number of carbonyl (C=O) groups is 1. The molecule has 0 bridgehead atoms. The molecule has 6 heteroatoms. The van der Waals surface area contributed by atoms with Crippen LogP contribution in [0.1, 0.15) is 18.4 Å². The molecule has 0 unspecified atom stereocenters. The lowest BCUT2D eigenvalue weighted by molar-refractivity contribution is -0.151. The van der Waals surface area contributed by atoms with Gasteiger partial charge in [0.25, 0.3) is 0 Å². The van der Waals surface area contributed by atoms with Crippen LogP contribution in [0.15, 0.2) is 30.3 Å². The molecule has 0 atom stereocenters. The van der Waals surface area contributed by atoms with E-state index in [4.69, 9.17) is 9.57 Å². The van der Waals surface area contributed by atoms with E-state index in [1.807, 2.05) is 30.3 Å². The molecule has 0 saturated carbocycles. The van der Waals surface area contributed by atoms with E-state index in [0.29, 0.717) is 6.04 Å². The van der Waals surface area contributed by atoms with E-state index in [0.717, 1.165) is 44.8 Å². The van der Waals surface area contributed by atoms with Crippen LogP contribution in [-0.4, -0.2) is 61.4 Å². The van der Waals surface area contributed by atoms with Gasteiger partial charge in [0.15, 0.2) is 0 Å². The van der Waals surface area contributed by atoms with Crippen molar-refractivity contribution < 1.29 is 14.4 Å². The fourth-order valence-corrected chi connectivity index (χ4v) is 3.18. The number of rotatable bonds is 4. The zero-order valence-electron chi connectivity index (χ0n) is 13.4. The van der Waals surface area contributed by atoms with E-state index in [1.165, 1.54) is 12.8 Å². The van der Waals surface area contributed by atoms with Gasteiger partial charge in [-0.25, -0.2) is 4.79 Å². The monoisotopic (exact) mass is 319 g/mol. The molecule has 0 aliphatic carbocycles. The van der Waals surface area contributed by atoms with Crippen LogP contribution in [0.2, 0.25) is 0 Å². The van der Waals surface area contributed by atoms with Gasteiger partial charge in [0, 0.05) is 32.2 Å². The van der Waals surface area contributed by atoms with Gasteiger partial charge < -0.3 is 14.9 Å². The van der Waals surface area contributed by atoms with E-state index in [9.17, 15) is 4.79 Å². The Morgan fingerprint density at radius 2 is 1.78 bits per heavy atom. The maximum atomic E-state index is 11.8. The van der Waals surface area contributed by atoms with Crippen molar-refractivity contribution in [1.82, 2.24) is 15.3 Å². The van der Waals surface area contributed by atoms with Crippen molar-refractivity contribution in [3.8, 4) is 0 Å². The number of benzene rings is 1. The van der Waals surface area contributed by atoms with Gasteiger partial charge in [-0.2, -0.15) is 0 Å². The SMILES string of the molecule is O=C(OCc1ccccc1)ON1CCN(C2CCNCC2)CC1. The Labute approximate surface area is 137 Å². The first kappa shape index (κ1) is 16.2. The lowest BCUT2D eigenvalue weighted by atomic mass is 10.0. The zero-order chi connectivity index (χ0) is 15.9. The van der Waals surface area contributed by atoms with Gasteiger partial charge in [-0.3, -0.25) is 4.90 Å². The summed E-state index contributed by atoms with van der Waals surface area (Å²) in [4.78, 5) is 19.6. The summed E-state index contributed by atoms with van der Waals surface area (Å²) in [7, 11) is 0. The molecule has 2 saturated heterocycles. The van der Waals surface area contributed by atoms with E-state index >= 15 is 0 Å². The molecule has 23 heavy (non-hydrogen) atoms. The lowest BCUT2D eigenvalue weighted by Crippen LogP contribution is -2.52. The van der Waals surface area contributed by atoms with Crippen LogP contribution >= 0.6 is 0 Å². The Balaban J connectivity index is 1.35. The second kappa shape index (κ2) is 8.29. The highest BCUT2D eigenvalue weighted by atomic mass is 16.8. The molecular formula is C17H25N3O3. The summed E-state index contributed by atoms with van der Waals surface area (Å²) in [5.74, 6) is 0. The molecule has 2 heterocycles. The number of hydrogen-bond donors (Lipinski definition) is 1. The average Bonchev–Trinajstić information content (AvgIpc) is 2.62. The standard InChI is InChI=1S/C17H25N3O3/c21-17(22-14-15-4-2-1-3-5-15)23-20-12-10-19(11-13-20)16-6-8-18-9-7-16/h1-5,16,18H,6-14H2. The molecular weight excluding hydrogens is 294 g/mol. The Morgan fingerprint density at radius 1 is 1.09 bits per heavy atom. The van der Waals surface area contributed by atoms with Gasteiger partial charge in [0.2, 0.25) is 0 Å². The Bertz CT molecular complexity index is 483. The van der Waals surface area contributed by atoms with Crippen molar-refractivity contribution in [2.75, 3.05) is 39.3 Å². The normalized spacial score (nSPS) is 21.0. The highest BCUT2D eigenvalue weighted by molar-refractivity contribution is 5.59. The number of piperidine rings is 1. The zero-order valence-corrected chi connectivity index (χ0v) is 13.4. The van der Waals surface area contributed by atoms with Crippen LogP contribution in [0.25, 0.3) is 0 Å². The Kier molecular flexibility index (Phi) is 5.85. The third-order valence-corrected chi connectivity index (χ3v) is 4.50. The van der Waals surface area contributed by atoms with Gasteiger partial charge in [-0.05, 0) is 31.5 Å². The van der Waals surface area contributed by atoms with Gasteiger partial charge >= 0.3 is 6.16 Å². The van der Waals surface area contributed by atoms with Gasteiger partial charge in [0.05, 0.1) is 0 Å². The van der Waals surface area contributed by atoms with Crippen LogP contribution in [0.5, 0.6) is 0 Å². The summed E-state index contributed by atoms with van der Waals surface area (Å²) >= 11 is 0. The minimum Gasteiger partial charge on any atom is -0.428 e. The van der Waals surface area contributed by atoms with Crippen LogP contribution in [-0.2, 0) is 16.2 Å². The maximum Gasteiger partial charge on any atom is 0.528 e. The number of piperazine rings is 1. The summed E-state index contributed by atoms with van der Waals surface area (Å²) < 4.78 is 5.15. The van der Waals surface area contributed by atoms with E-state index < -0.39 is 6.16 Å². The first-order chi connectivity index (χ1) is 11.3. The van der Waals surface area contributed by atoms with Crippen molar-refractivity contribution >= 4 is 6.16 Å². The molecule has 6 nitrogen and oxygen atoms in total. The van der Waals surface area contributed by atoms with Gasteiger partial charge in [0.1, 0.15) is 6.61 Å². The van der Waals surface area contributed by atoms with E-state index in [1.54, 1.807) is 5.06 Å². The summed E-state index contributed by atoms with van der Waals surface area (Å²) in [6, 6.07) is 10.3. The van der Waals surface area contributed by atoms with Crippen LogP contribution in [0.4, 0.5) is 4.79 Å². The van der Waals surface area contributed by atoms with Crippen LogP contribution in [0, 0.1) is 0 Å². The summed E-state index contributed by atoms with van der Waals surface area (Å²) in [6.07, 6.45) is 1.80. The quantitative estimate of drug-likeness (QED) is 0.851. The molecule has 0 radical (unpaired) electrons. The topological polar surface area (TPSA) is 54.0 Å². The number of nitrogens with zero attached hydrogens (tertiary/aromatic N) is 2. The lowest BCUT2D eigenvalue weighted by Gasteiger charge is -2.39. The minimum atomic E-state index is -0.621. The molecule has 126 valence electrons. The fraction of sp³-hybridized carbons (Fsp3) is 0.588. The third kappa shape index (κ3) is 4.92. The predicted molar refractivity (Wildman–Crippen MR) is 86.7 cm³/mol. The van der Waals surface area contributed by atoms with Crippen LogP contribution < -0.4 is 5.32 Å². The fourth-order valence-electron chi connectivity index (χ4n) is 3.18. The van der Waals surface area contributed by atoms with Crippen molar-refractivity contribution in [3.63, 3.8) is 0 Å². The third-order valence-electron chi connectivity index (χ3n) is 4.50. The molecule has 0 spiro atoms. The number of ether oxygens (including phenoxy) is 1. The molecule has 0 aromatic heterocycles. The highest BCUT2D eigenvalue weighted by Gasteiger charge is 2.26. The van der Waals surface area contributed by atoms with E-state index in [2.05, 4.69) is 10.2 Å². The second-order valence-electron chi connectivity index (χ2n) is 6.06. The molecule has 1 N–H and O–H groups in total. The van der Waals surface area contributed by atoms with Gasteiger partial charge in [-0.1, -0.05) is 30.3 Å². The van der Waals surface area contributed by atoms with Crippen molar-refractivity contribution in [2.24, 2.45) is 0 Å². The smallest absolute Gasteiger partial charge is 0.428 e. The molecule has 2 fully saturated rings. The number of nitrogens with one attached hydrogen (secondary N) is 1. The summed E-state index contributed by atoms with van der Waals surface area (Å²) in [6.45, 7) is 5.82. The molecule has 1 aromatic carbocycles. The number of carbonyl (C=O) groups excluding carboxylic acids is 1. The minimum absolute atomic E-state index is 0.245. The molecule has 3 rings (SSSR count). The Morgan fingerprint density at radius 3 is 2.48 bits per heavy atom. The second-order valence-corrected chi connectivity index (χ2v) is 6.06. The first-order valence-corrected chi connectivity index (χ1v) is 8.39. The Hall–Kier alpha value is -1.63.